The van der Waals surface area contributed by atoms with Crippen LogP contribution in [0.1, 0.15) is 37.4 Å². The molecule has 1 N–H and O–H groups in total. The molecule has 0 radical (unpaired) electrons. The van der Waals surface area contributed by atoms with Gasteiger partial charge in [0, 0.05) is 17.5 Å². The zero-order valence-corrected chi connectivity index (χ0v) is 11.0. The molecule has 1 nitrogen and oxygen atoms in total. The van der Waals surface area contributed by atoms with E-state index in [4.69, 9.17) is 0 Å². The number of rotatable bonds is 4. The molecule has 0 amide bonds. The van der Waals surface area contributed by atoms with E-state index in [-0.39, 0.29) is 0 Å². The third-order valence-electron chi connectivity index (χ3n) is 3.09. The van der Waals surface area contributed by atoms with Crippen LogP contribution in [0.5, 0.6) is 0 Å². The standard InChI is InChI=1S/C14H21NS/c1-11(2)7-8-15-14-10-16-9-12-5-3-4-6-13(12)14/h3-6,11,14-15H,7-10H2,1-2H3. The van der Waals surface area contributed by atoms with Crippen molar-refractivity contribution >= 4 is 11.8 Å². The summed E-state index contributed by atoms with van der Waals surface area (Å²) in [6, 6.07) is 9.41. The maximum Gasteiger partial charge on any atom is 0.0415 e. The van der Waals surface area contributed by atoms with E-state index < -0.39 is 0 Å². The molecule has 0 bridgehead atoms. The van der Waals surface area contributed by atoms with E-state index in [2.05, 4.69) is 43.4 Å². The van der Waals surface area contributed by atoms with E-state index >= 15 is 0 Å². The number of benzene rings is 1. The second-order valence-electron chi connectivity index (χ2n) is 4.90. The molecular weight excluding hydrogens is 214 g/mol. The van der Waals surface area contributed by atoms with Crippen molar-refractivity contribution in [3.63, 3.8) is 0 Å². The first-order valence-corrected chi connectivity index (χ1v) is 7.32. The Labute approximate surface area is 103 Å². The summed E-state index contributed by atoms with van der Waals surface area (Å²) in [6.07, 6.45) is 1.27. The zero-order chi connectivity index (χ0) is 11.4. The summed E-state index contributed by atoms with van der Waals surface area (Å²) in [4.78, 5) is 0. The van der Waals surface area contributed by atoms with Crippen LogP contribution in [-0.2, 0) is 5.75 Å². The molecule has 88 valence electrons. The second-order valence-corrected chi connectivity index (χ2v) is 5.93. The van der Waals surface area contributed by atoms with Gasteiger partial charge in [0.25, 0.3) is 0 Å². The van der Waals surface area contributed by atoms with Crippen molar-refractivity contribution in [1.82, 2.24) is 5.32 Å². The van der Waals surface area contributed by atoms with Gasteiger partial charge in [-0.25, -0.2) is 0 Å². The van der Waals surface area contributed by atoms with Crippen LogP contribution in [0.3, 0.4) is 0 Å². The van der Waals surface area contributed by atoms with Gasteiger partial charge in [0.05, 0.1) is 0 Å². The van der Waals surface area contributed by atoms with Gasteiger partial charge in [0.1, 0.15) is 0 Å². The van der Waals surface area contributed by atoms with E-state index in [1.165, 1.54) is 29.1 Å². The highest BCUT2D eigenvalue weighted by Crippen LogP contribution is 2.31. The van der Waals surface area contributed by atoms with Crippen molar-refractivity contribution in [2.24, 2.45) is 5.92 Å². The van der Waals surface area contributed by atoms with Crippen LogP contribution in [-0.4, -0.2) is 12.3 Å². The van der Waals surface area contributed by atoms with E-state index in [1.54, 1.807) is 0 Å². The average Bonchev–Trinajstić information content (AvgIpc) is 2.29. The van der Waals surface area contributed by atoms with Crippen molar-refractivity contribution in [3.05, 3.63) is 35.4 Å². The SMILES string of the molecule is CC(C)CCNC1CSCc2ccccc21. The van der Waals surface area contributed by atoms with Crippen LogP contribution in [0.25, 0.3) is 0 Å². The van der Waals surface area contributed by atoms with Gasteiger partial charge < -0.3 is 5.32 Å². The third kappa shape index (κ3) is 3.02. The van der Waals surface area contributed by atoms with E-state index in [0.29, 0.717) is 6.04 Å². The molecule has 0 saturated heterocycles. The van der Waals surface area contributed by atoms with Gasteiger partial charge in [-0.2, -0.15) is 11.8 Å². The van der Waals surface area contributed by atoms with E-state index in [1.807, 2.05) is 11.8 Å². The first-order chi connectivity index (χ1) is 7.77. The van der Waals surface area contributed by atoms with Gasteiger partial charge in [0.15, 0.2) is 0 Å². The molecule has 16 heavy (non-hydrogen) atoms. The first-order valence-electron chi connectivity index (χ1n) is 6.16. The predicted octanol–water partition coefficient (Wildman–Crippen LogP) is 3.61. The molecule has 1 aromatic rings. The maximum absolute atomic E-state index is 3.69. The topological polar surface area (TPSA) is 12.0 Å². The Kier molecular flexibility index (Phi) is 4.30. The van der Waals surface area contributed by atoms with Crippen LogP contribution in [0, 0.1) is 5.92 Å². The highest BCUT2D eigenvalue weighted by Gasteiger charge is 2.18. The Morgan fingerprint density at radius 1 is 1.38 bits per heavy atom. The molecule has 0 saturated carbocycles. The summed E-state index contributed by atoms with van der Waals surface area (Å²) in [5.41, 5.74) is 3.03. The summed E-state index contributed by atoms with van der Waals surface area (Å²) in [6.45, 7) is 5.70. The van der Waals surface area contributed by atoms with Crippen molar-refractivity contribution in [1.29, 1.82) is 0 Å². The van der Waals surface area contributed by atoms with Gasteiger partial charge in [-0.15, -0.1) is 0 Å². The third-order valence-corrected chi connectivity index (χ3v) is 4.17. The summed E-state index contributed by atoms with van der Waals surface area (Å²) in [5.74, 6) is 3.19. The largest absolute Gasteiger partial charge is 0.309 e. The number of nitrogens with one attached hydrogen (secondary N) is 1. The molecular formula is C14H21NS. The van der Waals surface area contributed by atoms with E-state index in [0.717, 1.165) is 12.5 Å². The van der Waals surface area contributed by atoms with Crippen LogP contribution in [0.2, 0.25) is 0 Å². The Morgan fingerprint density at radius 3 is 3.00 bits per heavy atom. The summed E-state index contributed by atoms with van der Waals surface area (Å²) >= 11 is 2.04. The van der Waals surface area contributed by atoms with Crippen LogP contribution < -0.4 is 5.32 Å². The number of hydrogen-bond donors (Lipinski definition) is 1. The highest BCUT2D eigenvalue weighted by molar-refractivity contribution is 7.98. The Bertz CT molecular complexity index is 335. The zero-order valence-electron chi connectivity index (χ0n) is 10.2. The summed E-state index contributed by atoms with van der Waals surface area (Å²) < 4.78 is 0. The van der Waals surface area contributed by atoms with Crippen LogP contribution in [0.15, 0.2) is 24.3 Å². The van der Waals surface area contributed by atoms with Crippen molar-refractivity contribution in [3.8, 4) is 0 Å². The molecule has 1 unspecified atom stereocenters. The number of hydrogen-bond acceptors (Lipinski definition) is 2. The molecule has 0 spiro atoms. The minimum Gasteiger partial charge on any atom is -0.309 e. The Hall–Kier alpha value is -0.470. The summed E-state index contributed by atoms with van der Waals surface area (Å²) in [7, 11) is 0. The van der Waals surface area contributed by atoms with Gasteiger partial charge in [-0.3, -0.25) is 0 Å². The smallest absolute Gasteiger partial charge is 0.0415 e. The molecule has 2 rings (SSSR count). The minimum absolute atomic E-state index is 0.564. The fourth-order valence-corrected chi connectivity index (χ4v) is 3.23. The first kappa shape index (κ1) is 12.0. The molecule has 0 fully saturated rings. The fourth-order valence-electron chi connectivity index (χ4n) is 2.10. The lowest BCUT2D eigenvalue weighted by Crippen LogP contribution is -2.28. The Morgan fingerprint density at radius 2 is 2.19 bits per heavy atom. The van der Waals surface area contributed by atoms with Crippen LogP contribution in [0.4, 0.5) is 0 Å². The Balaban J connectivity index is 1.96. The molecule has 1 aromatic carbocycles. The fraction of sp³-hybridized carbons (Fsp3) is 0.571. The second kappa shape index (κ2) is 5.74. The minimum atomic E-state index is 0.564. The lowest BCUT2D eigenvalue weighted by atomic mass is 10.0. The van der Waals surface area contributed by atoms with Crippen LogP contribution >= 0.6 is 11.8 Å². The highest BCUT2D eigenvalue weighted by atomic mass is 32.2. The normalized spacial score (nSPS) is 19.8. The van der Waals surface area contributed by atoms with Crippen molar-refractivity contribution in [2.75, 3.05) is 12.3 Å². The predicted molar refractivity (Wildman–Crippen MR) is 72.8 cm³/mol. The van der Waals surface area contributed by atoms with Gasteiger partial charge >= 0.3 is 0 Å². The molecule has 0 aliphatic carbocycles. The molecule has 2 heteroatoms. The van der Waals surface area contributed by atoms with Gasteiger partial charge in [-0.1, -0.05) is 38.1 Å². The lowest BCUT2D eigenvalue weighted by molar-refractivity contribution is 0.498. The quantitative estimate of drug-likeness (QED) is 0.855. The average molecular weight is 235 g/mol. The van der Waals surface area contributed by atoms with Crippen molar-refractivity contribution in [2.45, 2.75) is 32.1 Å². The summed E-state index contributed by atoms with van der Waals surface area (Å²) in [5, 5.41) is 3.69. The maximum atomic E-state index is 3.69. The molecule has 1 aliphatic heterocycles. The van der Waals surface area contributed by atoms with Crippen molar-refractivity contribution < 1.29 is 0 Å². The lowest BCUT2D eigenvalue weighted by Gasteiger charge is -2.26. The van der Waals surface area contributed by atoms with Gasteiger partial charge in [0.2, 0.25) is 0 Å². The monoisotopic (exact) mass is 235 g/mol. The molecule has 1 atom stereocenters. The molecule has 0 aromatic heterocycles. The van der Waals surface area contributed by atoms with Gasteiger partial charge in [-0.05, 0) is 30.0 Å². The number of fused-ring (bicyclic) bond motifs is 1. The number of thioether (sulfide) groups is 1. The molecule has 1 heterocycles. The molecule has 1 aliphatic rings. The van der Waals surface area contributed by atoms with E-state index in [9.17, 15) is 0 Å².